The number of carbonyl (C=O) groups excluding carboxylic acids is 1. The van der Waals surface area contributed by atoms with Crippen LogP contribution in [0.4, 0.5) is 4.79 Å². The summed E-state index contributed by atoms with van der Waals surface area (Å²) >= 11 is 6.04. The Morgan fingerprint density at radius 2 is 1.55 bits per heavy atom. The molecule has 0 saturated carbocycles. The van der Waals surface area contributed by atoms with E-state index in [4.69, 9.17) is 16.3 Å². The number of piperidine rings is 3. The normalized spacial score (nSPS) is 23.4. The monoisotopic (exact) mass is 590 g/mol. The van der Waals surface area contributed by atoms with E-state index >= 15 is 0 Å². The fourth-order valence-electron chi connectivity index (χ4n) is 6.02. The van der Waals surface area contributed by atoms with Gasteiger partial charge in [-0.25, -0.2) is 18.2 Å². The summed E-state index contributed by atoms with van der Waals surface area (Å²) in [5.41, 5.74) is 4.57. The Morgan fingerprint density at radius 1 is 0.875 bits per heavy atom. The first-order chi connectivity index (χ1) is 18.9. The lowest BCUT2D eigenvalue weighted by molar-refractivity contribution is 0.0488. The molecular weight excluding hydrogens is 548 g/mol. The fourth-order valence-corrected chi connectivity index (χ4v) is 7.99. The average molecular weight is 591 g/mol. The maximum Gasteiger partial charge on any atom is 0.409 e. The first-order valence-electron chi connectivity index (χ1n) is 14.2. The number of amides is 1. The van der Waals surface area contributed by atoms with Gasteiger partial charge in [0.2, 0.25) is 10.0 Å². The van der Waals surface area contributed by atoms with Crippen LogP contribution in [0.1, 0.15) is 70.4 Å². The van der Waals surface area contributed by atoms with Crippen molar-refractivity contribution >= 4 is 27.7 Å². The van der Waals surface area contributed by atoms with E-state index in [1.54, 1.807) is 33.5 Å². The van der Waals surface area contributed by atoms with Crippen molar-refractivity contribution < 1.29 is 17.9 Å². The predicted molar refractivity (Wildman–Crippen MR) is 159 cm³/mol. The number of nitrogens with one attached hydrogen (secondary N) is 1. The predicted octanol–water partition coefficient (Wildman–Crippen LogP) is 5.85. The minimum atomic E-state index is -3.86. The van der Waals surface area contributed by atoms with Crippen LogP contribution in [0.25, 0.3) is 0 Å². The lowest BCUT2D eigenvalue weighted by Gasteiger charge is -2.41. The van der Waals surface area contributed by atoms with Crippen molar-refractivity contribution in [2.24, 2.45) is 0 Å². The second-order valence-electron chi connectivity index (χ2n) is 10.8. The summed E-state index contributed by atoms with van der Waals surface area (Å²) in [6, 6.07) is 15.6. The Kier molecular flexibility index (Phi) is 10.9. The summed E-state index contributed by atoms with van der Waals surface area (Å²) < 4.78 is 35.3. The molecule has 10 heteroatoms. The zero-order chi connectivity index (χ0) is 27.2. The zero-order valence-electron chi connectivity index (χ0n) is 22.4. The Bertz CT molecular complexity index is 1180. The first kappa shape index (κ1) is 30.8. The summed E-state index contributed by atoms with van der Waals surface area (Å²) in [5.74, 6) is 0. The molecule has 220 valence electrons. The van der Waals surface area contributed by atoms with Gasteiger partial charge in [-0.05, 0) is 74.8 Å². The van der Waals surface area contributed by atoms with Crippen LogP contribution in [-0.4, -0.2) is 73.6 Å². The summed E-state index contributed by atoms with van der Waals surface area (Å²) in [6.45, 7) is 3.47. The SMILES string of the molecule is C.O=C(OC[C@H]1CCC[C@@H](c2ccccc2)N1S(=O)(=O)c1ccc(Cl)cc1)N1CCC(NN2CCCCC2)CC1. The Labute approximate surface area is 244 Å². The van der Waals surface area contributed by atoms with Crippen LogP contribution in [0.2, 0.25) is 5.02 Å². The molecule has 0 unspecified atom stereocenters. The molecule has 3 heterocycles. The summed E-state index contributed by atoms with van der Waals surface area (Å²) in [5, 5.41) is 2.80. The summed E-state index contributed by atoms with van der Waals surface area (Å²) in [4.78, 5) is 15.0. The van der Waals surface area contributed by atoms with Crippen molar-refractivity contribution in [3.05, 3.63) is 65.2 Å². The van der Waals surface area contributed by atoms with Crippen LogP contribution < -0.4 is 5.43 Å². The molecule has 2 aromatic rings. The molecular formula is C30H43ClN4O4S. The number of ether oxygens (including phenoxy) is 1. The Hall–Kier alpha value is -2.17. The molecule has 3 aliphatic heterocycles. The standard InChI is InChI=1S/C29H39ClN4O4S.CH4/c30-24-12-14-27(15-13-24)39(36,37)34-26(10-7-11-28(34)23-8-3-1-4-9-23)22-38-29(35)32-20-16-25(17-21-32)31-33-18-5-2-6-19-33;/h1,3-4,8-9,12-15,25-26,28,31H,2,5-7,10-11,16-22H2;1H4/t26-,28+;/m1./s1. The molecule has 1 N–H and O–H groups in total. The van der Waals surface area contributed by atoms with Gasteiger partial charge < -0.3 is 9.64 Å². The second-order valence-corrected chi connectivity index (χ2v) is 13.1. The van der Waals surface area contributed by atoms with Gasteiger partial charge in [-0.15, -0.1) is 0 Å². The van der Waals surface area contributed by atoms with Crippen LogP contribution in [-0.2, 0) is 14.8 Å². The van der Waals surface area contributed by atoms with E-state index in [1.807, 2.05) is 30.3 Å². The number of sulfonamides is 1. The van der Waals surface area contributed by atoms with Crippen LogP contribution in [0, 0.1) is 0 Å². The van der Waals surface area contributed by atoms with E-state index in [1.165, 1.54) is 19.3 Å². The lowest BCUT2D eigenvalue weighted by atomic mass is 9.93. The van der Waals surface area contributed by atoms with Gasteiger partial charge in [-0.3, -0.25) is 5.43 Å². The molecule has 0 bridgehead atoms. The number of nitrogens with zero attached hydrogens (tertiary/aromatic N) is 3. The van der Waals surface area contributed by atoms with Gasteiger partial charge in [0.05, 0.1) is 17.0 Å². The number of halogens is 1. The molecule has 40 heavy (non-hydrogen) atoms. The molecule has 8 nitrogen and oxygen atoms in total. The van der Waals surface area contributed by atoms with Crippen molar-refractivity contribution in [2.45, 2.75) is 81.8 Å². The smallest absolute Gasteiger partial charge is 0.409 e. The third kappa shape index (κ3) is 7.36. The zero-order valence-corrected chi connectivity index (χ0v) is 24.0. The summed E-state index contributed by atoms with van der Waals surface area (Å²) in [7, 11) is -3.86. The Morgan fingerprint density at radius 3 is 2.23 bits per heavy atom. The molecule has 3 fully saturated rings. The maximum absolute atomic E-state index is 14.0. The molecule has 0 radical (unpaired) electrons. The van der Waals surface area contributed by atoms with Crippen molar-refractivity contribution in [2.75, 3.05) is 32.8 Å². The van der Waals surface area contributed by atoms with E-state index in [-0.39, 0.29) is 31.1 Å². The number of likely N-dealkylation sites (tertiary alicyclic amines) is 1. The molecule has 3 aliphatic rings. The van der Waals surface area contributed by atoms with E-state index < -0.39 is 16.1 Å². The van der Waals surface area contributed by atoms with Crippen molar-refractivity contribution in [3.63, 3.8) is 0 Å². The summed E-state index contributed by atoms with van der Waals surface area (Å²) in [6.07, 6.45) is 7.34. The van der Waals surface area contributed by atoms with Gasteiger partial charge in [0.15, 0.2) is 0 Å². The average Bonchev–Trinajstić information content (AvgIpc) is 2.97. The van der Waals surface area contributed by atoms with Crippen LogP contribution in [0.3, 0.4) is 0 Å². The number of hydrazine groups is 1. The third-order valence-electron chi connectivity index (χ3n) is 8.13. The minimum Gasteiger partial charge on any atom is -0.448 e. The molecule has 5 rings (SSSR count). The van der Waals surface area contributed by atoms with E-state index in [9.17, 15) is 13.2 Å². The number of hydrogen-bond acceptors (Lipinski definition) is 6. The molecule has 2 aromatic carbocycles. The van der Waals surface area contributed by atoms with Crippen molar-refractivity contribution in [1.29, 1.82) is 0 Å². The molecule has 2 atom stereocenters. The molecule has 1 amide bonds. The highest BCUT2D eigenvalue weighted by molar-refractivity contribution is 7.89. The van der Waals surface area contributed by atoms with Crippen LogP contribution in [0.15, 0.2) is 59.5 Å². The van der Waals surface area contributed by atoms with E-state index in [0.29, 0.717) is 37.0 Å². The maximum atomic E-state index is 14.0. The van der Waals surface area contributed by atoms with Gasteiger partial charge in [0.25, 0.3) is 0 Å². The van der Waals surface area contributed by atoms with E-state index in [0.717, 1.165) is 37.9 Å². The fraction of sp³-hybridized carbons (Fsp3) is 0.567. The molecule has 0 aromatic heterocycles. The molecule has 3 saturated heterocycles. The highest BCUT2D eigenvalue weighted by Crippen LogP contribution is 2.39. The number of rotatable bonds is 7. The highest BCUT2D eigenvalue weighted by atomic mass is 35.5. The van der Waals surface area contributed by atoms with E-state index in [2.05, 4.69) is 10.4 Å². The van der Waals surface area contributed by atoms with Crippen molar-refractivity contribution in [1.82, 2.24) is 19.6 Å². The third-order valence-corrected chi connectivity index (χ3v) is 10.4. The number of hydrogen-bond donors (Lipinski definition) is 1. The largest absolute Gasteiger partial charge is 0.448 e. The van der Waals surface area contributed by atoms with Gasteiger partial charge in [0, 0.05) is 37.2 Å². The Balaban J connectivity index is 0.00000370. The molecule has 0 spiro atoms. The van der Waals surface area contributed by atoms with Crippen molar-refractivity contribution in [3.8, 4) is 0 Å². The quantitative estimate of drug-likeness (QED) is 0.435. The van der Waals surface area contributed by atoms with Crippen LogP contribution >= 0.6 is 11.6 Å². The topological polar surface area (TPSA) is 82.2 Å². The van der Waals surface area contributed by atoms with Gasteiger partial charge >= 0.3 is 6.09 Å². The number of carbonyl (C=O) groups is 1. The first-order valence-corrected chi connectivity index (χ1v) is 16.0. The molecule has 0 aliphatic carbocycles. The highest BCUT2D eigenvalue weighted by Gasteiger charge is 2.41. The van der Waals surface area contributed by atoms with Gasteiger partial charge in [0.1, 0.15) is 6.61 Å². The lowest BCUT2D eigenvalue weighted by Crippen LogP contribution is -2.52. The van der Waals surface area contributed by atoms with Crippen LogP contribution in [0.5, 0.6) is 0 Å². The minimum absolute atomic E-state index is 0. The number of benzene rings is 2. The van der Waals surface area contributed by atoms with Gasteiger partial charge in [-0.1, -0.05) is 55.8 Å². The van der Waals surface area contributed by atoms with Gasteiger partial charge in [-0.2, -0.15) is 4.31 Å². The second kappa shape index (κ2) is 14.1.